The molecule has 0 saturated heterocycles. The lowest BCUT2D eigenvalue weighted by Gasteiger charge is -2.25. The number of aromatic hydroxyl groups is 1. The number of carboxylic acids is 1. The van der Waals surface area contributed by atoms with Gasteiger partial charge >= 0.3 is 5.97 Å². The van der Waals surface area contributed by atoms with Crippen molar-refractivity contribution >= 4 is 41.4 Å². The van der Waals surface area contributed by atoms with E-state index in [1.807, 2.05) is 6.26 Å². The maximum atomic E-state index is 13.5. The summed E-state index contributed by atoms with van der Waals surface area (Å²) in [5, 5.41) is 27.1. The summed E-state index contributed by atoms with van der Waals surface area (Å²) in [6, 6.07) is 1.66. The first-order valence-corrected chi connectivity index (χ1v) is 14.6. The number of hydrogen-bond acceptors (Lipinski definition) is 9. The molecular formula is C26H39N9O6S. The van der Waals surface area contributed by atoms with Crippen LogP contribution in [0.15, 0.2) is 41.8 Å². The fourth-order valence-corrected chi connectivity index (χ4v) is 4.34. The number of hydrogen-bond donors (Lipinski definition) is 9. The molecule has 15 nitrogen and oxygen atoms in total. The summed E-state index contributed by atoms with van der Waals surface area (Å²) in [4.78, 5) is 61.9. The van der Waals surface area contributed by atoms with Gasteiger partial charge in [-0.05, 0) is 49.0 Å². The molecule has 16 heteroatoms. The van der Waals surface area contributed by atoms with Gasteiger partial charge in [-0.25, -0.2) is 9.78 Å². The number of phenols is 1. The highest BCUT2D eigenvalue weighted by molar-refractivity contribution is 7.98. The van der Waals surface area contributed by atoms with Gasteiger partial charge in [0.1, 0.15) is 23.9 Å². The molecule has 0 saturated carbocycles. The zero-order valence-electron chi connectivity index (χ0n) is 23.3. The largest absolute Gasteiger partial charge is 0.508 e. The summed E-state index contributed by atoms with van der Waals surface area (Å²) < 4.78 is 0. The third kappa shape index (κ3) is 12.1. The monoisotopic (exact) mass is 605 g/mol. The van der Waals surface area contributed by atoms with Crippen molar-refractivity contribution in [3.63, 3.8) is 0 Å². The van der Waals surface area contributed by atoms with Gasteiger partial charge in [0.15, 0.2) is 5.96 Å². The van der Waals surface area contributed by atoms with Gasteiger partial charge in [0.2, 0.25) is 17.7 Å². The fourth-order valence-electron chi connectivity index (χ4n) is 3.87. The van der Waals surface area contributed by atoms with Crippen LogP contribution in [0.3, 0.4) is 0 Å². The molecule has 12 N–H and O–H groups in total. The minimum atomic E-state index is -1.27. The molecule has 0 spiro atoms. The smallest absolute Gasteiger partial charge is 0.326 e. The number of aliphatic carboxylic acids is 1. The number of carbonyl (C=O) groups is 4. The number of amides is 3. The molecule has 42 heavy (non-hydrogen) atoms. The second-order valence-corrected chi connectivity index (χ2v) is 10.5. The number of thioether (sulfide) groups is 1. The van der Waals surface area contributed by atoms with Crippen LogP contribution in [0.25, 0.3) is 0 Å². The van der Waals surface area contributed by atoms with E-state index in [0.717, 1.165) is 0 Å². The number of carboxylic acid groups (broad SMARTS) is 1. The number of phenolic OH excluding ortho intramolecular Hbond substituents is 1. The average molecular weight is 606 g/mol. The van der Waals surface area contributed by atoms with Crippen molar-refractivity contribution in [3.8, 4) is 5.75 Å². The molecule has 4 atom stereocenters. The van der Waals surface area contributed by atoms with Crippen LogP contribution in [-0.4, -0.2) is 92.6 Å². The number of carbonyl (C=O) groups excluding carboxylic acids is 3. The lowest BCUT2D eigenvalue weighted by atomic mass is 10.0. The molecule has 0 aliphatic rings. The topological polar surface area (TPSA) is 264 Å². The number of benzene rings is 1. The Hall–Kier alpha value is -4.31. The van der Waals surface area contributed by atoms with E-state index in [1.54, 1.807) is 12.1 Å². The van der Waals surface area contributed by atoms with E-state index in [1.165, 1.54) is 36.4 Å². The van der Waals surface area contributed by atoms with E-state index >= 15 is 0 Å². The minimum absolute atomic E-state index is 0.0310. The van der Waals surface area contributed by atoms with Crippen molar-refractivity contribution in [1.82, 2.24) is 25.9 Å². The number of nitrogens with one attached hydrogen (secondary N) is 4. The quantitative estimate of drug-likeness (QED) is 0.0540. The number of nitrogens with zero attached hydrogens (tertiary/aromatic N) is 2. The molecule has 0 fully saturated rings. The van der Waals surface area contributed by atoms with Crippen molar-refractivity contribution < 1.29 is 29.4 Å². The highest BCUT2D eigenvalue weighted by Gasteiger charge is 2.30. The Kier molecular flexibility index (Phi) is 14.1. The Balaban J connectivity index is 2.18. The van der Waals surface area contributed by atoms with E-state index in [4.69, 9.17) is 17.2 Å². The summed E-state index contributed by atoms with van der Waals surface area (Å²) in [5.74, 6) is -2.74. The first-order chi connectivity index (χ1) is 20.0. The maximum Gasteiger partial charge on any atom is 0.326 e. The SMILES string of the molecule is CSCCC(NC(=O)C(Cc1ccc(O)cc1)NC(=O)C(N)CCCN=C(N)N)C(=O)NC(Cc1cnc[nH]1)C(=O)O. The number of guanidine groups is 1. The summed E-state index contributed by atoms with van der Waals surface area (Å²) in [6.45, 7) is 0.282. The number of aromatic amines is 1. The highest BCUT2D eigenvalue weighted by atomic mass is 32.2. The molecule has 0 radical (unpaired) electrons. The molecule has 1 aromatic heterocycles. The van der Waals surface area contributed by atoms with Gasteiger partial charge in [-0.1, -0.05) is 12.1 Å². The van der Waals surface area contributed by atoms with E-state index in [2.05, 4.69) is 30.9 Å². The number of H-pyrrole nitrogens is 1. The Morgan fingerprint density at radius 3 is 2.21 bits per heavy atom. The van der Waals surface area contributed by atoms with Crippen LogP contribution in [0, 0.1) is 0 Å². The predicted octanol–water partition coefficient (Wildman–Crippen LogP) is -1.43. The normalized spacial score (nSPS) is 13.7. The van der Waals surface area contributed by atoms with Crippen molar-refractivity contribution in [1.29, 1.82) is 0 Å². The van der Waals surface area contributed by atoms with Gasteiger partial charge in [0, 0.05) is 31.3 Å². The second kappa shape index (κ2) is 17.5. The maximum absolute atomic E-state index is 13.5. The Morgan fingerprint density at radius 2 is 1.62 bits per heavy atom. The van der Waals surface area contributed by atoms with Crippen LogP contribution in [0.4, 0.5) is 0 Å². The Morgan fingerprint density at radius 1 is 0.976 bits per heavy atom. The van der Waals surface area contributed by atoms with Crippen molar-refractivity contribution in [2.45, 2.75) is 56.3 Å². The lowest BCUT2D eigenvalue weighted by Crippen LogP contribution is -2.58. The van der Waals surface area contributed by atoms with Crippen LogP contribution < -0.4 is 33.2 Å². The van der Waals surface area contributed by atoms with E-state index in [0.29, 0.717) is 23.4 Å². The average Bonchev–Trinajstić information content (AvgIpc) is 3.46. The van der Waals surface area contributed by atoms with Gasteiger partial charge in [-0.15, -0.1) is 0 Å². The molecular weight excluding hydrogens is 566 g/mol. The molecule has 1 aromatic carbocycles. The number of rotatable bonds is 18. The van der Waals surface area contributed by atoms with Crippen LogP contribution >= 0.6 is 11.8 Å². The van der Waals surface area contributed by atoms with Crippen molar-refractivity contribution in [2.24, 2.45) is 22.2 Å². The van der Waals surface area contributed by atoms with Crippen LogP contribution in [0.5, 0.6) is 5.75 Å². The molecule has 0 aliphatic heterocycles. The first kappa shape index (κ1) is 33.9. The third-order valence-electron chi connectivity index (χ3n) is 6.15. The van der Waals surface area contributed by atoms with Crippen LogP contribution in [0.1, 0.15) is 30.5 Å². The molecule has 0 bridgehead atoms. The molecule has 2 rings (SSSR count). The first-order valence-electron chi connectivity index (χ1n) is 13.2. The summed E-state index contributed by atoms with van der Waals surface area (Å²) in [6.07, 6.45) is 5.57. The van der Waals surface area contributed by atoms with Crippen LogP contribution in [0.2, 0.25) is 0 Å². The molecule has 4 unspecified atom stereocenters. The van der Waals surface area contributed by atoms with Crippen LogP contribution in [-0.2, 0) is 32.0 Å². The zero-order chi connectivity index (χ0) is 31.1. The van der Waals surface area contributed by atoms with E-state index < -0.39 is 47.9 Å². The second-order valence-electron chi connectivity index (χ2n) is 9.51. The Bertz CT molecular complexity index is 1190. The predicted molar refractivity (Wildman–Crippen MR) is 158 cm³/mol. The zero-order valence-corrected chi connectivity index (χ0v) is 24.1. The minimum Gasteiger partial charge on any atom is -0.508 e. The summed E-state index contributed by atoms with van der Waals surface area (Å²) in [7, 11) is 0. The molecule has 3 amide bonds. The van der Waals surface area contributed by atoms with E-state index in [-0.39, 0.29) is 43.9 Å². The summed E-state index contributed by atoms with van der Waals surface area (Å²) in [5.41, 5.74) is 17.8. The number of nitrogens with two attached hydrogens (primary N) is 3. The molecule has 230 valence electrons. The molecule has 2 aromatic rings. The number of imidazole rings is 1. The van der Waals surface area contributed by atoms with Crippen molar-refractivity contribution in [3.05, 3.63) is 48.0 Å². The third-order valence-corrected chi connectivity index (χ3v) is 6.79. The van der Waals surface area contributed by atoms with Gasteiger partial charge in [0.05, 0.1) is 12.4 Å². The van der Waals surface area contributed by atoms with E-state index in [9.17, 15) is 29.4 Å². The van der Waals surface area contributed by atoms with Gasteiger partial charge in [-0.2, -0.15) is 11.8 Å². The van der Waals surface area contributed by atoms with Crippen molar-refractivity contribution in [2.75, 3.05) is 18.6 Å². The standard InChI is InChI=1S/C26H39N9O6S/c1-42-10-8-19(23(38)35-21(25(40)41)12-16-13-30-14-32-16)33-24(39)20(11-15-4-6-17(36)7-5-15)34-22(37)18(27)3-2-9-31-26(28)29/h4-7,13-14,18-21,36H,2-3,8-12,27H2,1H3,(H,30,32)(H,33,39)(H,34,37)(H,35,38)(H,40,41)(H4,28,29,31). The van der Waals surface area contributed by atoms with Gasteiger partial charge in [-0.3, -0.25) is 19.4 Å². The Labute approximate surface area is 247 Å². The number of aromatic nitrogens is 2. The lowest BCUT2D eigenvalue weighted by molar-refractivity contribution is -0.142. The molecule has 0 aliphatic carbocycles. The summed E-state index contributed by atoms with van der Waals surface area (Å²) >= 11 is 1.45. The highest BCUT2D eigenvalue weighted by Crippen LogP contribution is 2.12. The van der Waals surface area contributed by atoms with Gasteiger partial charge < -0.3 is 48.3 Å². The number of aliphatic imine (C=N–C) groups is 1. The fraction of sp³-hybridized carbons (Fsp3) is 0.462. The molecule has 1 heterocycles. The van der Waals surface area contributed by atoms with Gasteiger partial charge in [0.25, 0.3) is 0 Å².